The van der Waals surface area contributed by atoms with Crippen molar-refractivity contribution in [2.24, 2.45) is 0 Å². The molecule has 0 bridgehead atoms. The summed E-state index contributed by atoms with van der Waals surface area (Å²) in [6.07, 6.45) is 3.77. The van der Waals surface area contributed by atoms with Crippen LogP contribution in [0.3, 0.4) is 0 Å². The Morgan fingerprint density at radius 3 is 2.88 bits per heavy atom. The summed E-state index contributed by atoms with van der Waals surface area (Å²) >= 11 is 5.66. The molecule has 0 fully saturated rings. The predicted molar refractivity (Wildman–Crippen MR) is 61.4 cm³/mol. The highest BCUT2D eigenvalue weighted by molar-refractivity contribution is 6.29. The van der Waals surface area contributed by atoms with Crippen LogP contribution in [0.2, 0.25) is 5.15 Å². The number of hydrogen-bond acceptors (Lipinski definition) is 3. The van der Waals surface area contributed by atoms with E-state index in [1.54, 1.807) is 6.07 Å². The third-order valence-corrected chi connectivity index (χ3v) is 2.16. The van der Waals surface area contributed by atoms with Gasteiger partial charge in [-0.3, -0.25) is 9.78 Å². The van der Waals surface area contributed by atoms with Crippen LogP contribution in [0.4, 0.5) is 10.1 Å². The minimum atomic E-state index is -0.564. The molecule has 0 radical (unpaired) electrons. The molecule has 0 atom stereocenters. The smallest absolute Gasteiger partial charge is 0.257 e. The van der Waals surface area contributed by atoms with Gasteiger partial charge in [0.15, 0.2) is 0 Å². The molecular weight excluding hydrogens is 245 g/mol. The molecular formula is C11H7ClFN3O. The Balaban J connectivity index is 2.17. The second-order valence-electron chi connectivity index (χ2n) is 3.21. The monoisotopic (exact) mass is 251 g/mol. The number of hydrogen-bond donors (Lipinski definition) is 1. The minimum Gasteiger partial charge on any atom is -0.322 e. The standard InChI is InChI=1S/C11H7ClFN3O/c12-10-4-9(1-2-15-10)16-11(17)7-3-8(13)6-14-5-7/h1-6H,(H,15,16,17). The Labute approximate surface area is 101 Å². The fraction of sp³-hybridized carbons (Fsp3) is 0. The molecule has 2 heterocycles. The van der Waals surface area contributed by atoms with E-state index in [-0.39, 0.29) is 10.7 Å². The van der Waals surface area contributed by atoms with Gasteiger partial charge in [-0.25, -0.2) is 9.37 Å². The van der Waals surface area contributed by atoms with Crippen molar-refractivity contribution in [2.45, 2.75) is 0 Å². The minimum absolute atomic E-state index is 0.137. The van der Waals surface area contributed by atoms with Crippen molar-refractivity contribution in [1.29, 1.82) is 0 Å². The Hall–Kier alpha value is -2.01. The van der Waals surface area contributed by atoms with E-state index in [0.29, 0.717) is 5.69 Å². The molecule has 2 aromatic heterocycles. The Morgan fingerprint density at radius 1 is 1.35 bits per heavy atom. The summed E-state index contributed by atoms with van der Waals surface area (Å²) in [5.41, 5.74) is 0.622. The van der Waals surface area contributed by atoms with Gasteiger partial charge < -0.3 is 5.32 Å². The van der Waals surface area contributed by atoms with Gasteiger partial charge in [0.2, 0.25) is 0 Å². The van der Waals surface area contributed by atoms with Gasteiger partial charge in [0.05, 0.1) is 11.8 Å². The molecule has 1 N–H and O–H groups in total. The molecule has 0 spiro atoms. The number of anilines is 1. The Bertz CT molecular complexity index is 562. The predicted octanol–water partition coefficient (Wildman–Crippen LogP) is 2.52. The number of amides is 1. The number of pyridine rings is 2. The fourth-order valence-corrected chi connectivity index (χ4v) is 1.39. The Morgan fingerprint density at radius 2 is 2.18 bits per heavy atom. The number of halogens is 2. The zero-order valence-corrected chi connectivity index (χ0v) is 9.28. The molecule has 1 amide bonds. The van der Waals surface area contributed by atoms with Gasteiger partial charge in [-0.1, -0.05) is 11.6 Å². The molecule has 17 heavy (non-hydrogen) atoms. The van der Waals surface area contributed by atoms with Crippen LogP contribution in [-0.4, -0.2) is 15.9 Å². The van der Waals surface area contributed by atoms with Gasteiger partial charge in [0.25, 0.3) is 5.91 Å². The highest BCUT2D eigenvalue weighted by Gasteiger charge is 2.07. The molecule has 0 saturated carbocycles. The number of nitrogens with zero attached hydrogens (tertiary/aromatic N) is 2. The first-order valence-corrected chi connectivity index (χ1v) is 5.06. The zero-order valence-electron chi connectivity index (χ0n) is 8.52. The lowest BCUT2D eigenvalue weighted by atomic mass is 10.2. The molecule has 0 unspecified atom stereocenters. The average Bonchev–Trinajstić information content (AvgIpc) is 2.29. The summed E-state index contributed by atoms with van der Waals surface area (Å²) in [5, 5.41) is 2.82. The highest BCUT2D eigenvalue weighted by Crippen LogP contribution is 2.13. The zero-order chi connectivity index (χ0) is 12.3. The summed E-state index contributed by atoms with van der Waals surface area (Å²) in [4.78, 5) is 19.1. The lowest BCUT2D eigenvalue weighted by Crippen LogP contribution is -2.12. The van der Waals surface area contributed by atoms with Crippen LogP contribution < -0.4 is 5.32 Å². The molecule has 0 saturated heterocycles. The van der Waals surface area contributed by atoms with E-state index in [4.69, 9.17) is 11.6 Å². The summed E-state index contributed by atoms with van der Waals surface area (Å²) in [6.45, 7) is 0. The van der Waals surface area contributed by atoms with E-state index in [2.05, 4.69) is 15.3 Å². The lowest BCUT2D eigenvalue weighted by Gasteiger charge is -2.04. The summed E-state index contributed by atoms with van der Waals surface area (Å²) in [5.74, 6) is -1.02. The first-order chi connectivity index (χ1) is 8.15. The van der Waals surface area contributed by atoms with Crippen LogP contribution in [0.15, 0.2) is 36.8 Å². The van der Waals surface area contributed by atoms with Gasteiger partial charge in [0.1, 0.15) is 11.0 Å². The SMILES string of the molecule is O=C(Nc1ccnc(Cl)c1)c1cncc(F)c1. The molecule has 2 rings (SSSR count). The van der Waals surface area contributed by atoms with Gasteiger partial charge in [-0.2, -0.15) is 0 Å². The fourth-order valence-electron chi connectivity index (χ4n) is 1.22. The second-order valence-corrected chi connectivity index (χ2v) is 3.60. The van der Waals surface area contributed by atoms with Crippen molar-refractivity contribution in [2.75, 3.05) is 5.32 Å². The van der Waals surface area contributed by atoms with Gasteiger partial charge >= 0.3 is 0 Å². The number of carbonyl (C=O) groups excluding carboxylic acids is 1. The maximum Gasteiger partial charge on any atom is 0.257 e. The van der Waals surface area contributed by atoms with E-state index in [9.17, 15) is 9.18 Å². The van der Waals surface area contributed by atoms with Crippen LogP contribution in [0, 0.1) is 5.82 Å². The van der Waals surface area contributed by atoms with E-state index in [1.165, 1.54) is 18.5 Å². The van der Waals surface area contributed by atoms with Crippen LogP contribution in [0.5, 0.6) is 0 Å². The van der Waals surface area contributed by atoms with E-state index in [0.717, 1.165) is 12.3 Å². The number of rotatable bonds is 2. The van der Waals surface area contributed by atoms with Crippen molar-refractivity contribution >= 4 is 23.2 Å². The molecule has 0 aliphatic carbocycles. The van der Waals surface area contributed by atoms with Crippen LogP contribution in [0.1, 0.15) is 10.4 Å². The summed E-state index contributed by atoms with van der Waals surface area (Å²) in [7, 11) is 0. The average molecular weight is 252 g/mol. The lowest BCUT2D eigenvalue weighted by molar-refractivity contribution is 0.102. The largest absolute Gasteiger partial charge is 0.322 e. The van der Waals surface area contributed by atoms with Crippen molar-refractivity contribution in [3.05, 3.63) is 53.3 Å². The van der Waals surface area contributed by atoms with Gasteiger partial charge in [-0.05, 0) is 18.2 Å². The third-order valence-electron chi connectivity index (χ3n) is 1.95. The maximum absolute atomic E-state index is 12.9. The quantitative estimate of drug-likeness (QED) is 0.835. The van der Waals surface area contributed by atoms with E-state index >= 15 is 0 Å². The van der Waals surface area contributed by atoms with Crippen molar-refractivity contribution in [1.82, 2.24) is 9.97 Å². The Kier molecular flexibility index (Phi) is 3.30. The van der Waals surface area contributed by atoms with E-state index in [1.807, 2.05) is 0 Å². The summed E-state index contributed by atoms with van der Waals surface area (Å²) in [6, 6.07) is 4.17. The first kappa shape index (κ1) is 11.5. The van der Waals surface area contributed by atoms with Gasteiger partial charge in [-0.15, -0.1) is 0 Å². The molecule has 86 valence electrons. The maximum atomic E-state index is 12.9. The number of aromatic nitrogens is 2. The second kappa shape index (κ2) is 4.88. The molecule has 4 nitrogen and oxygen atoms in total. The van der Waals surface area contributed by atoms with Crippen LogP contribution in [0.25, 0.3) is 0 Å². The van der Waals surface area contributed by atoms with Gasteiger partial charge in [0, 0.05) is 18.1 Å². The van der Waals surface area contributed by atoms with Crippen molar-refractivity contribution < 1.29 is 9.18 Å². The van der Waals surface area contributed by atoms with Crippen LogP contribution in [-0.2, 0) is 0 Å². The molecule has 0 aromatic carbocycles. The number of nitrogens with one attached hydrogen (secondary N) is 1. The number of carbonyl (C=O) groups is 1. The molecule has 2 aromatic rings. The van der Waals surface area contributed by atoms with E-state index < -0.39 is 11.7 Å². The molecule has 6 heteroatoms. The molecule has 0 aliphatic heterocycles. The topological polar surface area (TPSA) is 54.9 Å². The third kappa shape index (κ3) is 2.98. The van der Waals surface area contributed by atoms with Crippen molar-refractivity contribution in [3.63, 3.8) is 0 Å². The van der Waals surface area contributed by atoms with Crippen molar-refractivity contribution in [3.8, 4) is 0 Å². The van der Waals surface area contributed by atoms with Crippen LogP contribution >= 0.6 is 11.6 Å². The summed E-state index contributed by atoms with van der Waals surface area (Å²) < 4.78 is 12.9. The first-order valence-electron chi connectivity index (χ1n) is 4.68. The molecule has 0 aliphatic rings. The normalized spacial score (nSPS) is 10.0. The highest BCUT2D eigenvalue weighted by atomic mass is 35.5.